The Morgan fingerprint density at radius 2 is 1.74 bits per heavy atom. The summed E-state index contributed by atoms with van der Waals surface area (Å²) in [6, 6.07) is 18.2. The van der Waals surface area contributed by atoms with Crippen molar-refractivity contribution in [1.82, 2.24) is 5.32 Å². The van der Waals surface area contributed by atoms with Gasteiger partial charge in [0, 0.05) is 11.6 Å². The van der Waals surface area contributed by atoms with Gasteiger partial charge >= 0.3 is 0 Å². The Hall–Kier alpha value is -3.23. The highest BCUT2D eigenvalue weighted by Gasteiger charge is 2.27. The van der Waals surface area contributed by atoms with E-state index in [1.165, 1.54) is 24.3 Å². The van der Waals surface area contributed by atoms with E-state index in [1.54, 1.807) is 37.4 Å². The van der Waals surface area contributed by atoms with Gasteiger partial charge in [0.05, 0.1) is 23.8 Å². The molecule has 0 heterocycles. The number of ether oxygens (including phenoxy) is 2. The van der Waals surface area contributed by atoms with E-state index in [0.717, 1.165) is 15.4 Å². The van der Waals surface area contributed by atoms with E-state index < -0.39 is 15.9 Å². The van der Waals surface area contributed by atoms with Gasteiger partial charge in [-0.25, -0.2) is 8.42 Å². The molecule has 1 amide bonds. The van der Waals surface area contributed by atoms with E-state index >= 15 is 0 Å². The quantitative estimate of drug-likeness (QED) is 0.412. The van der Waals surface area contributed by atoms with Crippen LogP contribution in [0.15, 0.2) is 71.6 Å². The monoisotopic (exact) mass is 516 g/mol. The lowest BCUT2D eigenvalue weighted by atomic mass is 10.2. The summed E-state index contributed by atoms with van der Waals surface area (Å²) in [4.78, 5) is 12.9. The minimum atomic E-state index is -4.02. The molecule has 35 heavy (non-hydrogen) atoms. The number of sulfonamides is 1. The van der Waals surface area contributed by atoms with E-state index in [1.807, 2.05) is 32.9 Å². The molecule has 186 valence electrons. The van der Waals surface area contributed by atoms with Crippen LogP contribution < -0.4 is 19.1 Å². The maximum atomic E-state index is 13.4. The first kappa shape index (κ1) is 26.4. The van der Waals surface area contributed by atoms with Crippen molar-refractivity contribution in [3.05, 3.63) is 82.9 Å². The first-order valence-corrected chi connectivity index (χ1v) is 12.9. The van der Waals surface area contributed by atoms with Crippen molar-refractivity contribution in [3.8, 4) is 11.5 Å². The topological polar surface area (TPSA) is 84.9 Å². The smallest absolute Gasteiger partial charge is 0.264 e. The summed E-state index contributed by atoms with van der Waals surface area (Å²) in [6.45, 7) is 5.51. The van der Waals surface area contributed by atoms with Gasteiger partial charge in [-0.2, -0.15) is 0 Å². The van der Waals surface area contributed by atoms with Gasteiger partial charge in [0.25, 0.3) is 10.0 Å². The molecule has 9 heteroatoms. The standard InChI is InChI=1S/C26H29ClN2O5S/c1-18(2)34-24-13-8-20(15-25(24)33-4)16-28-26(30)17-29(22-7-5-6-19(3)14-22)35(31,32)23-11-9-21(27)10-12-23/h5-15,18H,16-17H2,1-4H3,(H,28,30). The van der Waals surface area contributed by atoms with Crippen LogP contribution in [0.5, 0.6) is 11.5 Å². The summed E-state index contributed by atoms with van der Waals surface area (Å²) in [7, 11) is -2.47. The Balaban J connectivity index is 1.80. The highest BCUT2D eigenvalue weighted by atomic mass is 35.5. The van der Waals surface area contributed by atoms with Crippen LogP contribution in [-0.4, -0.2) is 34.1 Å². The lowest BCUT2D eigenvalue weighted by molar-refractivity contribution is -0.119. The van der Waals surface area contributed by atoms with Crippen molar-refractivity contribution in [1.29, 1.82) is 0 Å². The zero-order valence-electron chi connectivity index (χ0n) is 20.1. The van der Waals surface area contributed by atoms with E-state index in [4.69, 9.17) is 21.1 Å². The molecular weight excluding hydrogens is 488 g/mol. The minimum Gasteiger partial charge on any atom is -0.493 e. The lowest BCUT2D eigenvalue weighted by Crippen LogP contribution is -2.40. The Morgan fingerprint density at radius 3 is 2.37 bits per heavy atom. The van der Waals surface area contributed by atoms with Gasteiger partial charge in [0.15, 0.2) is 11.5 Å². The second kappa shape index (κ2) is 11.5. The van der Waals surface area contributed by atoms with Crippen molar-refractivity contribution < 1.29 is 22.7 Å². The van der Waals surface area contributed by atoms with E-state index in [0.29, 0.717) is 22.2 Å². The van der Waals surface area contributed by atoms with E-state index in [9.17, 15) is 13.2 Å². The number of anilines is 1. The Bertz CT molecular complexity index is 1280. The fourth-order valence-electron chi connectivity index (χ4n) is 3.39. The predicted molar refractivity (Wildman–Crippen MR) is 138 cm³/mol. The fraction of sp³-hybridized carbons (Fsp3) is 0.269. The third-order valence-corrected chi connectivity index (χ3v) is 7.10. The summed E-state index contributed by atoms with van der Waals surface area (Å²) in [5, 5.41) is 3.22. The molecule has 0 saturated heterocycles. The molecule has 0 aromatic heterocycles. The normalized spacial score (nSPS) is 11.3. The van der Waals surface area contributed by atoms with Crippen molar-refractivity contribution in [2.24, 2.45) is 0 Å². The van der Waals surface area contributed by atoms with Crippen LogP contribution in [-0.2, 0) is 21.4 Å². The predicted octanol–water partition coefficient (Wildman–Crippen LogP) is 4.96. The summed E-state index contributed by atoms with van der Waals surface area (Å²) in [5.41, 5.74) is 2.05. The fourth-order valence-corrected chi connectivity index (χ4v) is 4.93. The summed E-state index contributed by atoms with van der Waals surface area (Å²) in [6.07, 6.45) is -0.00958. The van der Waals surface area contributed by atoms with Gasteiger partial charge in [-0.05, 0) is 80.4 Å². The highest BCUT2D eigenvalue weighted by Crippen LogP contribution is 2.29. The van der Waals surface area contributed by atoms with Gasteiger partial charge in [-0.3, -0.25) is 9.10 Å². The Kier molecular flexibility index (Phi) is 8.64. The molecule has 0 aliphatic carbocycles. The number of carbonyl (C=O) groups is 1. The molecule has 3 rings (SSSR count). The molecule has 1 N–H and O–H groups in total. The van der Waals surface area contributed by atoms with Crippen LogP contribution in [0.4, 0.5) is 5.69 Å². The van der Waals surface area contributed by atoms with E-state index in [-0.39, 0.29) is 24.1 Å². The lowest BCUT2D eigenvalue weighted by Gasteiger charge is -2.24. The second-order valence-corrected chi connectivity index (χ2v) is 10.5. The summed E-state index contributed by atoms with van der Waals surface area (Å²) < 4.78 is 39.1. The molecule has 0 radical (unpaired) electrons. The van der Waals surface area contributed by atoms with Crippen molar-refractivity contribution in [3.63, 3.8) is 0 Å². The first-order valence-electron chi connectivity index (χ1n) is 11.1. The van der Waals surface area contributed by atoms with Gasteiger partial charge in [-0.1, -0.05) is 29.8 Å². The van der Waals surface area contributed by atoms with Crippen LogP contribution in [0.25, 0.3) is 0 Å². The molecule has 0 saturated carbocycles. The van der Waals surface area contributed by atoms with Gasteiger partial charge < -0.3 is 14.8 Å². The van der Waals surface area contributed by atoms with Gasteiger partial charge in [0.1, 0.15) is 6.54 Å². The molecule has 0 fully saturated rings. The number of hydrogen-bond acceptors (Lipinski definition) is 5. The van der Waals surface area contributed by atoms with Crippen molar-refractivity contribution in [2.45, 2.75) is 38.3 Å². The molecule has 0 aliphatic heterocycles. The highest BCUT2D eigenvalue weighted by molar-refractivity contribution is 7.92. The van der Waals surface area contributed by atoms with Crippen LogP contribution in [0.3, 0.4) is 0 Å². The number of nitrogens with zero attached hydrogens (tertiary/aromatic N) is 1. The molecule has 0 spiro atoms. The van der Waals surface area contributed by atoms with Gasteiger partial charge in [-0.15, -0.1) is 0 Å². The summed E-state index contributed by atoms with van der Waals surface area (Å²) in [5.74, 6) is 0.708. The number of carbonyl (C=O) groups excluding carboxylic acids is 1. The maximum Gasteiger partial charge on any atom is 0.264 e. The molecule has 0 atom stereocenters. The third-order valence-electron chi connectivity index (χ3n) is 5.06. The number of nitrogens with one attached hydrogen (secondary N) is 1. The number of hydrogen-bond donors (Lipinski definition) is 1. The number of amides is 1. The molecule has 0 bridgehead atoms. The number of aryl methyl sites for hydroxylation is 1. The zero-order chi connectivity index (χ0) is 25.6. The Morgan fingerprint density at radius 1 is 1.03 bits per heavy atom. The number of benzene rings is 3. The number of methoxy groups -OCH3 is 1. The molecule has 0 unspecified atom stereocenters. The zero-order valence-corrected chi connectivity index (χ0v) is 21.7. The van der Waals surface area contributed by atoms with Crippen LogP contribution >= 0.6 is 11.6 Å². The molecular formula is C26H29ClN2O5S. The minimum absolute atomic E-state index is 0.00958. The molecule has 7 nitrogen and oxygen atoms in total. The first-order chi connectivity index (χ1) is 16.6. The molecule has 3 aromatic rings. The molecule has 3 aromatic carbocycles. The SMILES string of the molecule is COc1cc(CNC(=O)CN(c2cccc(C)c2)S(=O)(=O)c2ccc(Cl)cc2)ccc1OC(C)C. The van der Waals surface area contributed by atoms with Crippen molar-refractivity contribution >= 4 is 33.2 Å². The number of halogens is 1. The van der Waals surface area contributed by atoms with Crippen LogP contribution in [0.2, 0.25) is 5.02 Å². The third kappa shape index (κ3) is 6.90. The second-order valence-electron chi connectivity index (χ2n) is 8.23. The maximum absolute atomic E-state index is 13.4. The van der Waals surface area contributed by atoms with Crippen LogP contribution in [0.1, 0.15) is 25.0 Å². The number of rotatable bonds is 10. The largest absolute Gasteiger partial charge is 0.493 e. The average Bonchev–Trinajstić information content (AvgIpc) is 2.81. The van der Waals surface area contributed by atoms with E-state index in [2.05, 4.69) is 5.32 Å². The Labute approximate surface area is 211 Å². The van der Waals surface area contributed by atoms with Crippen LogP contribution in [0, 0.1) is 6.92 Å². The van der Waals surface area contributed by atoms with Gasteiger partial charge in [0.2, 0.25) is 5.91 Å². The van der Waals surface area contributed by atoms with Crippen molar-refractivity contribution in [2.75, 3.05) is 18.0 Å². The molecule has 0 aliphatic rings. The average molecular weight is 517 g/mol. The summed E-state index contributed by atoms with van der Waals surface area (Å²) >= 11 is 5.93.